The fourth-order valence-electron chi connectivity index (χ4n) is 2.41. The van der Waals surface area contributed by atoms with Gasteiger partial charge < -0.3 is 10.8 Å². The van der Waals surface area contributed by atoms with E-state index in [4.69, 9.17) is 17.3 Å². The third kappa shape index (κ3) is 2.66. The van der Waals surface area contributed by atoms with Gasteiger partial charge in [0, 0.05) is 6.20 Å². The second-order valence-corrected chi connectivity index (χ2v) is 4.94. The van der Waals surface area contributed by atoms with Crippen LogP contribution in [0.2, 0.25) is 5.02 Å². The molecule has 2 unspecified atom stereocenters. The zero-order chi connectivity index (χ0) is 11.5. The van der Waals surface area contributed by atoms with Gasteiger partial charge in [0.1, 0.15) is 5.82 Å². The van der Waals surface area contributed by atoms with Gasteiger partial charge in [-0.3, -0.25) is 0 Å². The number of aromatic nitrogens is 1. The molecule has 1 aliphatic carbocycles. The van der Waals surface area contributed by atoms with E-state index in [0.29, 0.717) is 16.8 Å². The van der Waals surface area contributed by atoms with E-state index in [1.807, 2.05) is 6.07 Å². The van der Waals surface area contributed by atoms with E-state index in [-0.39, 0.29) is 6.10 Å². The molecule has 1 aromatic heterocycles. The summed E-state index contributed by atoms with van der Waals surface area (Å²) in [7, 11) is 0. The first-order chi connectivity index (χ1) is 7.66. The fraction of sp³-hybridized carbons (Fsp3) is 0.583. The van der Waals surface area contributed by atoms with Gasteiger partial charge in [0.15, 0.2) is 0 Å². The molecule has 0 spiro atoms. The molecular formula is C12H17ClN2O. The van der Waals surface area contributed by atoms with Crippen molar-refractivity contribution in [3.63, 3.8) is 0 Å². The van der Waals surface area contributed by atoms with Crippen molar-refractivity contribution in [1.82, 2.24) is 4.98 Å². The number of hydrogen-bond donors (Lipinski definition) is 2. The van der Waals surface area contributed by atoms with Gasteiger partial charge in [-0.15, -0.1) is 0 Å². The molecule has 4 heteroatoms. The van der Waals surface area contributed by atoms with Crippen LogP contribution in [0.15, 0.2) is 12.3 Å². The van der Waals surface area contributed by atoms with E-state index >= 15 is 0 Å². The zero-order valence-corrected chi connectivity index (χ0v) is 9.95. The van der Waals surface area contributed by atoms with E-state index in [9.17, 15) is 5.11 Å². The molecular weight excluding hydrogens is 224 g/mol. The van der Waals surface area contributed by atoms with Gasteiger partial charge in [-0.1, -0.05) is 24.4 Å². The van der Waals surface area contributed by atoms with Crippen molar-refractivity contribution in [2.45, 2.75) is 44.1 Å². The standard InChI is InChI=1S/C12H17ClN2O/c13-9-6-11(12(14)15-7-9)8-3-1-2-4-10(16)5-8/h6-8,10,16H,1-5H2,(H2,14,15). The van der Waals surface area contributed by atoms with Gasteiger partial charge in [0.05, 0.1) is 11.1 Å². The van der Waals surface area contributed by atoms with Crippen LogP contribution in [0.25, 0.3) is 0 Å². The van der Waals surface area contributed by atoms with Gasteiger partial charge in [-0.05, 0) is 36.8 Å². The van der Waals surface area contributed by atoms with Gasteiger partial charge >= 0.3 is 0 Å². The van der Waals surface area contributed by atoms with E-state index < -0.39 is 0 Å². The van der Waals surface area contributed by atoms with Gasteiger partial charge in [0.25, 0.3) is 0 Å². The Hall–Kier alpha value is -0.800. The van der Waals surface area contributed by atoms with Crippen LogP contribution in [0.4, 0.5) is 5.82 Å². The highest BCUT2D eigenvalue weighted by Gasteiger charge is 2.22. The molecule has 0 saturated heterocycles. The summed E-state index contributed by atoms with van der Waals surface area (Å²) < 4.78 is 0. The molecule has 0 aliphatic heterocycles. The van der Waals surface area contributed by atoms with Crippen molar-refractivity contribution in [3.8, 4) is 0 Å². The van der Waals surface area contributed by atoms with Gasteiger partial charge in [0.2, 0.25) is 0 Å². The molecule has 1 heterocycles. The van der Waals surface area contributed by atoms with E-state index in [1.165, 1.54) is 0 Å². The predicted octanol–water partition coefficient (Wildman–Crippen LogP) is 2.73. The number of hydrogen-bond acceptors (Lipinski definition) is 3. The van der Waals surface area contributed by atoms with E-state index in [0.717, 1.165) is 37.7 Å². The first-order valence-corrected chi connectivity index (χ1v) is 6.13. The minimum atomic E-state index is -0.217. The number of nitrogens with zero attached hydrogens (tertiary/aromatic N) is 1. The van der Waals surface area contributed by atoms with Crippen LogP contribution in [-0.4, -0.2) is 16.2 Å². The summed E-state index contributed by atoms with van der Waals surface area (Å²) in [6, 6.07) is 1.88. The third-order valence-corrected chi connectivity index (χ3v) is 3.46. The summed E-state index contributed by atoms with van der Waals surface area (Å²) >= 11 is 5.93. The maximum absolute atomic E-state index is 9.79. The molecule has 2 rings (SSSR count). The Balaban J connectivity index is 2.24. The van der Waals surface area contributed by atoms with Gasteiger partial charge in [-0.2, -0.15) is 0 Å². The highest BCUT2D eigenvalue weighted by molar-refractivity contribution is 6.30. The summed E-state index contributed by atoms with van der Waals surface area (Å²) in [6.45, 7) is 0. The Labute approximate surface area is 101 Å². The normalized spacial score (nSPS) is 26.4. The largest absolute Gasteiger partial charge is 0.393 e. The summed E-state index contributed by atoms with van der Waals surface area (Å²) in [5.74, 6) is 0.840. The molecule has 0 amide bonds. The second-order valence-electron chi connectivity index (χ2n) is 4.50. The summed E-state index contributed by atoms with van der Waals surface area (Å²) in [4.78, 5) is 4.07. The number of nitrogen functional groups attached to an aromatic ring is 1. The van der Waals surface area contributed by atoms with Crippen molar-refractivity contribution in [3.05, 3.63) is 22.8 Å². The summed E-state index contributed by atoms with van der Waals surface area (Å²) in [5.41, 5.74) is 6.86. The highest BCUT2D eigenvalue weighted by atomic mass is 35.5. The molecule has 16 heavy (non-hydrogen) atoms. The lowest BCUT2D eigenvalue weighted by atomic mass is 9.91. The fourth-order valence-corrected chi connectivity index (χ4v) is 2.58. The quantitative estimate of drug-likeness (QED) is 0.742. The number of halogens is 1. The van der Waals surface area contributed by atoms with Crippen molar-refractivity contribution < 1.29 is 5.11 Å². The van der Waals surface area contributed by atoms with Crippen molar-refractivity contribution >= 4 is 17.4 Å². The van der Waals surface area contributed by atoms with Crippen LogP contribution in [0.5, 0.6) is 0 Å². The Kier molecular flexibility index (Phi) is 3.66. The molecule has 1 saturated carbocycles. The van der Waals surface area contributed by atoms with Crippen LogP contribution >= 0.6 is 11.6 Å². The molecule has 1 fully saturated rings. The first-order valence-electron chi connectivity index (χ1n) is 5.76. The number of pyridine rings is 1. The number of nitrogens with two attached hydrogens (primary N) is 1. The topological polar surface area (TPSA) is 59.1 Å². The molecule has 1 aromatic rings. The Morgan fingerprint density at radius 1 is 1.38 bits per heavy atom. The molecule has 88 valence electrons. The Morgan fingerprint density at radius 2 is 2.12 bits per heavy atom. The van der Waals surface area contributed by atoms with Crippen LogP contribution in [0.3, 0.4) is 0 Å². The maximum Gasteiger partial charge on any atom is 0.126 e. The van der Waals surface area contributed by atoms with Crippen LogP contribution in [0, 0.1) is 0 Å². The molecule has 1 aliphatic rings. The monoisotopic (exact) mass is 240 g/mol. The minimum absolute atomic E-state index is 0.217. The highest BCUT2D eigenvalue weighted by Crippen LogP contribution is 2.34. The SMILES string of the molecule is Nc1ncc(Cl)cc1C1CCCCC(O)C1. The lowest BCUT2D eigenvalue weighted by Crippen LogP contribution is -2.11. The molecule has 0 radical (unpaired) electrons. The number of aliphatic hydroxyl groups is 1. The lowest BCUT2D eigenvalue weighted by Gasteiger charge is -2.18. The molecule has 3 nitrogen and oxygen atoms in total. The average molecular weight is 241 g/mol. The Bertz CT molecular complexity index is 370. The van der Waals surface area contributed by atoms with Crippen LogP contribution in [0.1, 0.15) is 43.6 Å². The molecule has 2 atom stereocenters. The first kappa shape index (κ1) is 11.7. The van der Waals surface area contributed by atoms with Crippen LogP contribution in [-0.2, 0) is 0 Å². The lowest BCUT2D eigenvalue weighted by molar-refractivity contribution is 0.152. The minimum Gasteiger partial charge on any atom is -0.393 e. The Morgan fingerprint density at radius 3 is 2.94 bits per heavy atom. The average Bonchev–Trinajstić information content (AvgIpc) is 2.46. The second kappa shape index (κ2) is 5.02. The maximum atomic E-state index is 9.79. The van der Waals surface area contributed by atoms with E-state index in [1.54, 1.807) is 6.20 Å². The summed E-state index contributed by atoms with van der Waals surface area (Å²) in [5, 5.41) is 10.4. The zero-order valence-electron chi connectivity index (χ0n) is 9.19. The smallest absolute Gasteiger partial charge is 0.126 e. The van der Waals surface area contributed by atoms with Crippen molar-refractivity contribution in [2.75, 3.05) is 5.73 Å². The number of aliphatic hydroxyl groups excluding tert-OH is 1. The van der Waals surface area contributed by atoms with Crippen molar-refractivity contribution in [1.29, 1.82) is 0 Å². The third-order valence-electron chi connectivity index (χ3n) is 3.25. The molecule has 3 N–H and O–H groups in total. The number of anilines is 1. The van der Waals surface area contributed by atoms with Crippen LogP contribution < -0.4 is 5.73 Å². The van der Waals surface area contributed by atoms with Crippen molar-refractivity contribution in [2.24, 2.45) is 0 Å². The van der Waals surface area contributed by atoms with Gasteiger partial charge in [-0.25, -0.2) is 4.98 Å². The number of rotatable bonds is 1. The van der Waals surface area contributed by atoms with E-state index in [2.05, 4.69) is 4.98 Å². The molecule has 0 aromatic carbocycles. The molecule has 0 bridgehead atoms. The summed E-state index contributed by atoms with van der Waals surface area (Å²) in [6.07, 6.45) is 6.29. The predicted molar refractivity (Wildman–Crippen MR) is 65.5 cm³/mol.